The molecule has 1 aromatic heterocycles. The molecule has 0 aromatic carbocycles. The number of unbranched alkanes of at least 4 members (excludes halogenated alkanes) is 1. The van der Waals surface area contributed by atoms with Crippen LogP contribution in [0.3, 0.4) is 0 Å². The molecule has 0 saturated carbocycles. The first-order chi connectivity index (χ1) is 8.41. The van der Waals surface area contributed by atoms with Gasteiger partial charge < -0.3 is 4.55 Å². The summed E-state index contributed by atoms with van der Waals surface area (Å²) in [5.74, 6) is 0. The van der Waals surface area contributed by atoms with E-state index in [0.717, 1.165) is 0 Å². The van der Waals surface area contributed by atoms with E-state index >= 15 is 0 Å². The minimum Gasteiger partial charge on any atom is -0.726 e. The molecular weight excluding hydrogens is 300 g/mol. The van der Waals surface area contributed by atoms with E-state index in [1.54, 1.807) is 7.05 Å². The summed E-state index contributed by atoms with van der Waals surface area (Å²) in [6, 6.07) is 0. The van der Waals surface area contributed by atoms with Crippen LogP contribution in [-0.2, 0) is 27.8 Å². The van der Waals surface area contributed by atoms with Crippen molar-refractivity contribution in [2.45, 2.75) is 26.7 Å². The summed E-state index contributed by atoms with van der Waals surface area (Å²) in [6.07, 6.45) is 6.64. The monoisotopic (exact) mass is 318 g/mol. The Kier molecular flexibility index (Phi) is 9.60. The highest BCUT2D eigenvalue weighted by Gasteiger charge is 2.13. The van der Waals surface area contributed by atoms with Crippen molar-refractivity contribution in [1.29, 1.82) is 0 Å². The van der Waals surface area contributed by atoms with Gasteiger partial charge in [-0.3, -0.25) is 9.11 Å². The molecule has 11 heteroatoms. The molecule has 9 nitrogen and oxygen atoms in total. The van der Waals surface area contributed by atoms with Gasteiger partial charge in [-0.25, -0.2) is 13.0 Å². The Balaban J connectivity index is 0. The lowest BCUT2D eigenvalue weighted by atomic mass is 10.4. The highest BCUT2D eigenvalue weighted by atomic mass is 32.3. The fraction of sp³-hybridized carbons (Fsp3) is 0.625. The van der Waals surface area contributed by atoms with Gasteiger partial charge in [0.2, 0.25) is 10.4 Å². The molecule has 0 aliphatic heterocycles. The fourth-order valence-electron chi connectivity index (χ4n) is 0.564. The minimum atomic E-state index is -4.92. The van der Waals surface area contributed by atoms with Crippen molar-refractivity contribution in [2.75, 3.05) is 0 Å². The third-order valence-corrected chi connectivity index (χ3v) is 2.26. The van der Waals surface area contributed by atoms with Crippen LogP contribution in [0.5, 0.6) is 0 Å². The van der Waals surface area contributed by atoms with Gasteiger partial charge >= 0.3 is 10.3 Å². The summed E-state index contributed by atoms with van der Waals surface area (Å²) >= 11 is 0. The Morgan fingerprint density at radius 3 is 1.63 bits per heavy atom. The molecule has 2 N–H and O–H groups in total. The van der Waals surface area contributed by atoms with Gasteiger partial charge in [-0.05, 0) is 0 Å². The van der Waals surface area contributed by atoms with Gasteiger partial charge in [-0.1, -0.05) is 26.7 Å². The van der Waals surface area contributed by atoms with E-state index in [1.165, 1.54) is 36.1 Å². The van der Waals surface area contributed by atoms with E-state index in [0.29, 0.717) is 3.97 Å². The maximum absolute atomic E-state index is 10.4. The molecule has 0 saturated heterocycles. The van der Waals surface area contributed by atoms with Gasteiger partial charge in [0.05, 0.1) is 7.05 Å². The smallest absolute Gasteiger partial charge is 0.439 e. The van der Waals surface area contributed by atoms with Crippen LogP contribution in [0, 0.1) is 0 Å². The van der Waals surface area contributed by atoms with Crippen molar-refractivity contribution in [1.82, 2.24) is 3.97 Å². The molecule has 114 valence electrons. The second kappa shape index (κ2) is 8.98. The van der Waals surface area contributed by atoms with Gasteiger partial charge in [0.15, 0.2) is 0 Å². The molecule has 0 bridgehead atoms. The topological polar surface area (TPSA) is 141 Å². The normalized spacial score (nSPS) is 10.8. The zero-order valence-electron chi connectivity index (χ0n) is 10.8. The number of aryl methyl sites for hydroxylation is 1. The zero-order chi connectivity index (χ0) is 15.7. The minimum absolute atomic E-state index is 0.715. The number of hydrogen-bond acceptors (Lipinski definition) is 5. The number of imidazole rings is 1. The molecule has 0 unspecified atom stereocenters. The summed E-state index contributed by atoms with van der Waals surface area (Å²) in [4.78, 5) is 0. The fourth-order valence-corrected chi connectivity index (χ4v) is 1.04. The highest BCUT2D eigenvalue weighted by molar-refractivity contribution is 7.84. The van der Waals surface area contributed by atoms with Crippen LogP contribution in [0.1, 0.15) is 26.7 Å². The summed E-state index contributed by atoms with van der Waals surface area (Å²) in [5, 5.41) is 0. The molecule has 0 spiro atoms. The number of rotatable bonds is 2. The quantitative estimate of drug-likeness (QED) is 0.436. The lowest BCUT2D eigenvalue weighted by Crippen LogP contribution is -2.24. The predicted molar refractivity (Wildman–Crippen MR) is 65.5 cm³/mol. The summed E-state index contributed by atoms with van der Waals surface area (Å²) in [5.41, 5.74) is 0. The van der Waals surface area contributed by atoms with Crippen molar-refractivity contribution in [3.8, 4) is 0 Å². The van der Waals surface area contributed by atoms with Crippen LogP contribution in [0.25, 0.3) is 0 Å². The van der Waals surface area contributed by atoms with Gasteiger partial charge in [0.1, 0.15) is 12.4 Å². The molecule has 0 aliphatic carbocycles. The average Bonchev–Trinajstić information content (AvgIpc) is 2.62. The first kappa shape index (κ1) is 20.3. The number of aromatic nitrogens is 2. The van der Waals surface area contributed by atoms with Gasteiger partial charge in [-0.15, -0.1) is 3.97 Å². The van der Waals surface area contributed by atoms with Crippen LogP contribution < -0.4 is 4.57 Å². The molecule has 0 aliphatic rings. The van der Waals surface area contributed by atoms with Crippen LogP contribution >= 0.6 is 0 Å². The Morgan fingerprint density at radius 2 is 1.53 bits per heavy atom. The standard InChI is InChI=1S/C4H6N2O3S.C4H10.H2O4S/c1-5-2-3-6(4-5)10(7,8)9;1-3-4-2;1-5(2,3)4/h2-4H,1H3;3-4H2,1-2H3;(H2,1,2,3,4). The van der Waals surface area contributed by atoms with Crippen molar-refractivity contribution in [3.63, 3.8) is 0 Å². The molecule has 1 aromatic rings. The van der Waals surface area contributed by atoms with Crippen LogP contribution in [0.4, 0.5) is 0 Å². The van der Waals surface area contributed by atoms with Crippen molar-refractivity contribution >= 4 is 20.7 Å². The van der Waals surface area contributed by atoms with Crippen LogP contribution in [0.2, 0.25) is 0 Å². The van der Waals surface area contributed by atoms with E-state index in [1.807, 2.05) is 0 Å². The van der Waals surface area contributed by atoms with E-state index in [4.69, 9.17) is 22.1 Å². The Labute approximate surface area is 113 Å². The van der Waals surface area contributed by atoms with E-state index < -0.39 is 20.7 Å². The van der Waals surface area contributed by atoms with Gasteiger partial charge in [-0.2, -0.15) is 8.42 Å². The van der Waals surface area contributed by atoms with E-state index in [-0.39, 0.29) is 0 Å². The molecule has 0 radical (unpaired) electrons. The first-order valence-electron chi connectivity index (χ1n) is 5.11. The van der Waals surface area contributed by atoms with Crippen molar-refractivity contribution in [3.05, 3.63) is 18.7 Å². The second-order valence-corrected chi connectivity index (χ2v) is 5.49. The van der Waals surface area contributed by atoms with Crippen molar-refractivity contribution in [2.24, 2.45) is 7.05 Å². The van der Waals surface area contributed by atoms with Gasteiger partial charge in [0, 0.05) is 0 Å². The zero-order valence-corrected chi connectivity index (χ0v) is 12.4. The summed E-state index contributed by atoms with van der Waals surface area (Å²) in [7, 11) is -7.35. The van der Waals surface area contributed by atoms with Gasteiger partial charge in [0.25, 0.3) is 6.33 Å². The van der Waals surface area contributed by atoms with Crippen LogP contribution in [0.15, 0.2) is 18.7 Å². The molecule has 0 atom stereocenters. The molecular formula is C8H18N2O7S2. The third kappa shape index (κ3) is 17.0. The molecule has 0 fully saturated rings. The molecule has 19 heavy (non-hydrogen) atoms. The Hall–Kier alpha value is -1.01. The number of nitrogens with zero attached hydrogens (tertiary/aromatic N) is 2. The number of hydrogen-bond donors (Lipinski definition) is 2. The first-order valence-corrected chi connectivity index (χ1v) is 7.87. The van der Waals surface area contributed by atoms with E-state index in [9.17, 15) is 8.42 Å². The lowest BCUT2D eigenvalue weighted by molar-refractivity contribution is -0.670. The SMILES string of the molecule is CCCC.C[n+]1ccn(S(=O)(=O)O)c1.O=S(=O)([O-])O. The maximum Gasteiger partial charge on any atom is 0.439 e. The summed E-state index contributed by atoms with van der Waals surface area (Å²) in [6.45, 7) is 4.36. The second-order valence-electron chi connectivity index (χ2n) is 3.31. The Bertz CT molecular complexity index is 537. The lowest BCUT2D eigenvalue weighted by Gasteiger charge is -1.88. The predicted octanol–water partition coefficient (Wildman–Crippen LogP) is -0.225. The Morgan fingerprint density at radius 1 is 1.16 bits per heavy atom. The molecule has 0 amide bonds. The van der Waals surface area contributed by atoms with Crippen molar-refractivity contribution < 1.29 is 35.1 Å². The summed E-state index contributed by atoms with van der Waals surface area (Å²) < 4.78 is 64.2. The third-order valence-electron chi connectivity index (χ3n) is 1.51. The molecule has 1 heterocycles. The highest BCUT2D eigenvalue weighted by Crippen LogP contribution is 1.87. The maximum atomic E-state index is 10.4. The molecule has 1 rings (SSSR count). The largest absolute Gasteiger partial charge is 0.726 e. The van der Waals surface area contributed by atoms with E-state index in [2.05, 4.69) is 13.8 Å². The average molecular weight is 318 g/mol. The van der Waals surface area contributed by atoms with Crippen LogP contribution in [-0.4, -0.2) is 34.5 Å².